The van der Waals surface area contributed by atoms with Crippen molar-refractivity contribution in [3.8, 4) is 0 Å². The average Bonchev–Trinajstić information content (AvgIpc) is 3.43. The number of hydrogen-bond donors (Lipinski definition) is 0. The third-order valence-corrected chi connectivity index (χ3v) is 19.0. The molecule has 6 fully saturated rings. The summed E-state index contributed by atoms with van der Waals surface area (Å²) in [7, 11) is 1.93. The second-order valence-electron chi connectivity index (χ2n) is 19.5. The van der Waals surface area contributed by atoms with Gasteiger partial charge >= 0.3 is 0 Å². The van der Waals surface area contributed by atoms with Crippen LogP contribution in [0.15, 0.2) is 24.6 Å². The van der Waals surface area contributed by atoms with Crippen molar-refractivity contribution in [2.45, 2.75) is 154 Å². The van der Waals surface area contributed by atoms with Gasteiger partial charge in [-0.05, 0) is 78.4 Å². The minimum absolute atomic E-state index is 0. The molecule has 0 unspecified atom stereocenters. The Labute approximate surface area is 453 Å². The summed E-state index contributed by atoms with van der Waals surface area (Å²) in [5, 5.41) is 8.09. The molecule has 0 N–H and O–H groups in total. The Morgan fingerprint density at radius 1 is 0.411 bits per heavy atom. The van der Waals surface area contributed by atoms with Crippen LogP contribution in [0.3, 0.4) is 0 Å². The van der Waals surface area contributed by atoms with E-state index in [4.69, 9.17) is 66.3 Å². The normalized spacial score (nSPS) is 20.9. The van der Waals surface area contributed by atoms with Crippen LogP contribution >= 0.6 is 15.8 Å². The molecule has 18 nitrogen and oxygen atoms in total. The van der Waals surface area contributed by atoms with Gasteiger partial charge in [0.15, 0.2) is 49.3 Å². The monoisotopic (exact) mass is 1160 g/mol. The number of nitrogens with zero attached hydrogens (tertiary/aromatic N) is 2. The van der Waals surface area contributed by atoms with Gasteiger partial charge in [-0.3, -0.25) is 9.59 Å². The Morgan fingerprint density at radius 2 is 0.603 bits per heavy atom. The second-order valence-corrected chi connectivity index (χ2v) is 25.5. The molecule has 6 rings (SSSR count). The molecule has 0 spiro atoms. The maximum Gasteiger partial charge on any atom is 0.185 e. The molecule has 0 aromatic carbocycles. The molecular weight excluding hydrogens is 1070 g/mol. The van der Waals surface area contributed by atoms with E-state index in [2.05, 4.69) is 10.6 Å². The first-order valence-electron chi connectivity index (χ1n) is 26.9. The van der Waals surface area contributed by atoms with E-state index in [1.165, 1.54) is 75.7 Å². The van der Waals surface area contributed by atoms with Gasteiger partial charge in [-0.25, -0.2) is 0 Å². The van der Waals surface area contributed by atoms with E-state index in [0.29, 0.717) is 13.1 Å². The van der Waals surface area contributed by atoms with E-state index >= 15 is 0 Å². The molecule has 0 aromatic heterocycles. The van der Waals surface area contributed by atoms with Crippen LogP contribution in [0.25, 0.3) is 10.6 Å². The Hall–Kier alpha value is -0.631. The SMILES string of the molecule is C1COC(CC[PH+](CCC2OCCCO2)CCC2OCCCO2)OC1.C1COC(CC[PH+](CCC2OCCCO2)CCC2OCCCO2)OC1.COC(C)(C)C(=O)/C=C\[N-]CC[N-]/C=C\C(=O)C(C)(C)OC.[99Tc]. The van der Waals surface area contributed by atoms with E-state index in [9.17, 15) is 9.59 Å². The molecule has 1 radical (unpaired) electrons. The fraction of sp³-hybridized carbons (Fsp3) is 0.885. The fourth-order valence-electron chi connectivity index (χ4n) is 8.01. The number of methoxy groups -OCH3 is 2. The number of hydrogen-bond acceptors (Lipinski definition) is 16. The number of ketones is 2. The molecule has 6 aliphatic rings. The van der Waals surface area contributed by atoms with E-state index in [0.717, 1.165) is 156 Å². The Bertz CT molecular complexity index is 1240. The van der Waals surface area contributed by atoms with Crippen molar-refractivity contribution < 1.29 is 96.0 Å². The molecule has 6 saturated heterocycles. The molecule has 425 valence electrons. The van der Waals surface area contributed by atoms with Gasteiger partial charge in [0.1, 0.15) is 11.2 Å². The van der Waals surface area contributed by atoms with Crippen LogP contribution in [0.1, 0.15) is 105 Å². The van der Waals surface area contributed by atoms with Gasteiger partial charge in [-0.2, -0.15) is 12.4 Å². The third-order valence-electron chi connectivity index (χ3n) is 13.0. The van der Waals surface area contributed by atoms with Crippen molar-refractivity contribution in [2.75, 3.05) is 144 Å². The van der Waals surface area contributed by atoms with Gasteiger partial charge in [0.05, 0.1) is 116 Å². The van der Waals surface area contributed by atoms with E-state index in [1.807, 2.05) is 0 Å². The average molecular weight is 1160 g/mol. The van der Waals surface area contributed by atoms with Gasteiger partial charge in [-0.1, -0.05) is 0 Å². The summed E-state index contributed by atoms with van der Waals surface area (Å²) in [6.07, 6.45) is 25.0. The van der Waals surface area contributed by atoms with Crippen LogP contribution in [0.2, 0.25) is 0 Å². The molecular formula is C52H94N2O16P2Tc. The molecule has 6 aliphatic heterocycles. The minimum Gasteiger partial charge on any atom is -0.692 e. The quantitative estimate of drug-likeness (QED) is 0.0396. The molecule has 0 saturated carbocycles. The van der Waals surface area contributed by atoms with E-state index in [1.54, 1.807) is 27.7 Å². The molecule has 0 bridgehead atoms. The first-order valence-corrected chi connectivity index (χ1v) is 31.1. The van der Waals surface area contributed by atoms with Crippen LogP contribution in [0.5, 0.6) is 0 Å². The molecule has 6 heterocycles. The zero-order chi connectivity index (χ0) is 51.5. The summed E-state index contributed by atoms with van der Waals surface area (Å²) in [6.45, 7) is 17.6. The number of rotatable bonds is 29. The van der Waals surface area contributed by atoms with Crippen LogP contribution in [-0.4, -0.2) is 204 Å². The predicted octanol–water partition coefficient (Wildman–Crippen LogP) is 8.07. The van der Waals surface area contributed by atoms with Gasteiger partial charge in [0.25, 0.3) is 0 Å². The molecule has 21 heteroatoms. The summed E-state index contributed by atoms with van der Waals surface area (Å²) >= 11 is 0. The van der Waals surface area contributed by atoms with Gasteiger partial charge in [0.2, 0.25) is 0 Å². The van der Waals surface area contributed by atoms with E-state index in [-0.39, 0.29) is 69.4 Å². The topological polar surface area (TPSA) is 192 Å². The summed E-state index contributed by atoms with van der Waals surface area (Å²) in [4.78, 5) is 23.3. The van der Waals surface area contributed by atoms with Crippen LogP contribution in [0.4, 0.5) is 0 Å². The standard InChI is InChI=1S/2C18H33O6P.C16H28N2O4.Tc/c2*1-7-19-16(20-8-1)4-13-25(14-5-17-21-9-2-10-22-17)15-6-18-23-11-3-12-24-18;1-15(2,21-5)13(19)7-9-17-11-12-18-10-8-14(20)16(3,4)22-6;/h2*16-18H,1-15H2;7-10H,11-12H2,1-6H3,(H2,17,18,19,20);/i;;;1+1. The minimum atomic E-state index is -0.840. The van der Waals surface area contributed by atoms with Crippen molar-refractivity contribution in [1.29, 1.82) is 0 Å². The van der Waals surface area contributed by atoms with Gasteiger partial charge in [0, 0.05) is 88.7 Å². The Balaban J connectivity index is 0.000000288. The second kappa shape index (κ2) is 40.5. The fourth-order valence-corrected chi connectivity index (χ4v) is 13.4. The van der Waals surface area contributed by atoms with Crippen molar-refractivity contribution in [1.82, 2.24) is 0 Å². The largest absolute Gasteiger partial charge is 0.692 e. The van der Waals surface area contributed by atoms with Crippen molar-refractivity contribution >= 4 is 27.4 Å². The first kappa shape index (κ1) is 66.6. The van der Waals surface area contributed by atoms with Gasteiger partial charge in [-0.15, -0.1) is 13.1 Å². The van der Waals surface area contributed by atoms with Crippen molar-refractivity contribution in [2.24, 2.45) is 0 Å². The van der Waals surface area contributed by atoms with Crippen LogP contribution < -0.4 is 0 Å². The zero-order valence-corrected chi connectivity index (χ0v) is 49.1. The molecule has 0 amide bonds. The maximum atomic E-state index is 11.7. The summed E-state index contributed by atoms with van der Waals surface area (Å²) in [5.74, 6) is -0.300. The summed E-state index contributed by atoms with van der Waals surface area (Å²) < 4.78 is 78.7. The number of carbonyl (C=O) groups excluding carboxylic acids is 2. The third kappa shape index (κ3) is 30.4. The molecule has 0 atom stereocenters. The summed E-state index contributed by atoms with van der Waals surface area (Å²) in [6, 6.07) is 0. The van der Waals surface area contributed by atoms with Crippen LogP contribution in [0, 0.1) is 0 Å². The summed E-state index contributed by atoms with van der Waals surface area (Å²) in [5.41, 5.74) is -1.68. The number of ether oxygens (including phenoxy) is 14. The Morgan fingerprint density at radius 3 is 0.781 bits per heavy atom. The van der Waals surface area contributed by atoms with Crippen molar-refractivity contribution in [3.63, 3.8) is 0 Å². The van der Waals surface area contributed by atoms with E-state index < -0.39 is 27.0 Å². The maximum absolute atomic E-state index is 11.7. The smallest absolute Gasteiger partial charge is 0.185 e. The molecule has 73 heavy (non-hydrogen) atoms. The number of carbonyl (C=O) groups is 2. The van der Waals surface area contributed by atoms with Crippen molar-refractivity contribution in [3.05, 3.63) is 35.2 Å². The Kier molecular flexibility index (Phi) is 37.0. The molecule has 0 aliphatic carbocycles. The van der Waals surface area contributed by atoms with Gasteiger partial charge < -0.3 is 76.9 Å². The van der Waals surface area contributed by atoms with Crippen LogP contribution in [-0.2, 0) is 96.0 Å². The first-order chi connectivity index (χ1) is 35.0. The zero-order valence-electron chi connectivity index (χ0n) is 45.2. The predicted molar refractivity (Wildman–Crippen MR) is 282 cm³/mol. The molecule has 0 aromatic rings.